The fraction of sp³-hybridized carbons (Fsp3) is 0.259. The van der Waals surface area contributed by atoms with Crippen LogP contribution in [0.1, 0.15) is 35.6 Å². The first kappa shape index (κ1) is 25.2. The lowest BCUT2D eigenvalue weighted by Gasteiger charge is -2.26. The van der Waals surface area contributed by atoms with Gasteiger partial charge in [0.15, 0.2) is 5.69 Å². The van der Waals surface area contributed by atoms with Crippen molar-refractivity contribution in [2.45, 2.75) is 24.9 Å². The van der Waals surface area contributed by atoms with Crippen LogP contribution in [0.2, 0.25) is 0 Å². The first-order valence-electron chi connectivity index (χ1n) is 11.8. The molecule has 196 valence electrons. The van der Waals surface area contributed by atoms with E-state index >= 15 is 0 Å². The van der Waals surface area contributed by atoms with Crippen molar-refractivity contribution in [3.05, 3.63) is 71.3 Å². The third-order valence-corrected chi connectivity index (χ3v) is 6.86. The molecular formula is C27H26FN5O5. The Labute approximate surface area is 217 Å². The van der Waals surface area contributed by atoms with Gasteiger partial charge in [0.1, 0.15) is 40.6 Å². The summed E-state index contributed by atoms with van der Waals surface area (Å²) < 4.78 is 24.7. The van der Waals surface area contributed by atoms with Crippen LogP contribution in [0.15, 0.2) is 48.5 Å². The van der Waals surface area contributed by atoms with E-state index in [0.717, 1.165) is 0 Å². The number of nitrogens with one attached hydrogen (secondary N) is 2. The molecule has 5 rings (SSSR count). The van der Waals surface area contributed by atoms with E-state index < -0.39 is 28.6 Å². The molecule has 2 atom stereocenters. The summed E-state index contributed by atoms with van der Waals surface area (Å²) in [5.41, 5.74) is 5.11. The molecule has 0 fully saturated rings. The highest BCUT2D eigenvalue weighted by Crippen LogP contribution is 2.45. The van der Waals surface area contributed by atoms with Crippen molar-refractivity contribution in [2.24, 2.45) is 5.73 Å². The van der Waals surface area contributed by atoms with Crippen molar-refractivity contribution in [2.75, 3.05) is 20.3 Å². The van der Waals surface area contributed by atoms with Gasteiger partial charge in [-0.2, -0.15) is 5.10 Å². The molecule has 0 saturated heterocycles. The minimum absolute atomic E-state index is 0.00836. The Bertz CT molecular complexity index is 1570. The number of hydrogen-bond acceptors (Lipinski definition) is 7. The van der Waals surface area contributed by atoms with E-state index in [1.54, 1.807) is 31.2 Å². The lowest BCUT2D eigenvalue weighted by atomic mass is 9.82. The number of nitrogens with zero attached hydrogens (tertiary/aromatic N) is 2. The van der Waals surface area contributed by atoms with Gasteiger partial charge in [-0.05, 0) is 62.4 Å². The van der Waals surface area contributed by atoms with Crippen molar-refractivity contribution in [3.8, 4) is 22.8 Å². The van der Waals surface area contributed by atoms with Crippen LogP contribution in [0.25, 0.3) is 22.2 Å². The molecule has 1 aliphatic rings. The number of primary amides is 1. The summed E-state index contributed by atoms with van der Waals surface area (Å²) in [6.07, 6.45) is 0. The summed E-state index contributed by atoms with van der Waals surface area (Å²) in [5, 5.41) is 21.6. The maximum absolute atomic E-state index is 13.6. The zero-order chi connectivity index (χ0) is 27.2. The quantitative estimate of drug-likeness (QED) is 0.293. The van der Waals surface area contributed by atoms with Crippen molar-refractivity contribution in [1.82, 2.24) is 20.5 Å². The van der Waals surface area contributed by atoms with Crippen LogP contribution in [0.3, 0.4) is 0 Å². The van der Waals surface area contributed by atoms with Crippen LogP contribution in [0.4, 0.5) is 4.39 Å². The molecule has 1 aliphatic heterocycles. The van der Waals surface area contributed by atoms with Crippen LogP contribution in [0, 0.1) is 5.82 Å². The fourth-order valence-electron chi connectivity index (χ4n) is 4.39. The summed E-state index contributed by atoms with van der Waals surface area (Å²) >= 11 is 0. The SMILES string of the molecule is COc1ccc2[nH]nc(C(=O)NC[C@](C)(O)c3cc4c(c(-c5ccc(F)cc5)n3)OC[C@]4(C)C(N)=O)c2c1. The molecule has 0 radical (unpaired) electrons. The molecule has 5 N–H and O–H groups in total. The molecule has 0 spiro atoms. The molecule has 2 amide bonds. The fourth-order valence-corrected chi connectivity index (χ4v) is 4.39. The normalized spacial score (nSPS) is 17.9. The van der Waals surface area contributed by atoms with Gasteiger partial charge in [-0.25, -0.2) is 9.37 Å². The molecule has 0 aliphatic carbocycles. The number of halogens is 1. The number of hydrogen-bond donors (Lipinski definition) is 4. The number of carbonyl (C=O) groups is 2. The second-order valence-corrected chi connectivity index (χ2v) is 9.66. The highest BCUT2D eigenvalue weighted by Gasteiger charge is 2.45. The maximum atomic E-state index is 13.6. The minimum Gasteiger partial charge on any atom is -0.497 e. The summed E-state index contributed by atoms with van der Waals surface area (Å²) in [4.78, 5) is 30.0. The van der Waals surface area contributed by atoms with E-state index in [2.05, 4.69) is 20.5 Å². The molecule has 0 unspecified atom stereocenters. The van der Waals surface area contributed by atoms with Gasteiger partial charge in [0, 0.05) is 16.5 Å². The standard InChI is InChI=1S/C27H26FN5O5/c1-26(25(29)35)13-38-23-18(26)11-20(31-21(23)14-4-6-15(28)7-5-14)27(2,36)12-30-24(34)22-17-10-16(37-3)8-9-19(17)32-33-22/h4-11,36H,12-13H2,1-3H3,(H2,29,35)(H,30,34)(H,32,33)/t26-,27-/m0/s1. The lowest BCUT2D eigenvalue weighted by Crippen LogP contribution is -2.41. The van der Waals surface area contributed by atoms with Crippen molar-refractivity contribution in [3.63, 3.8) is 0 Å². The Balaban J connectivity index is 1.50. The summed E-state index contributed by atoms with van der Waals surface area (Å²) in [7, 11) is 1.52. The third-order valence-electron chi connectivity index (χ3n) is 6.86. The van der Waals surface area contributed by atoms with E-state index in [4.69, 9.17) is 15.2 Å². The highest BCUT2D eigenvalue weighted by molar-refractivity contribution is 6.05. The second kappa shape index (κ2) is 9.10. The number of amides is 2. The van der Waals surface area contributed by atoms with Gasteiger partial charge in [-0.15, -0.1) is 0 Å². The van der Waals surface area contributed by atoms with Gasteiger partial charge in [-0.3, -0.25) is 14.7 Å². The van der Waals surface area contributed by atoms with Crippen LogP contribution in [-0.4, -0.2) is 52.4 Å². The van der Waals surface area contributed by atoms with E-state index in [1.807, 2.05) is 0 Å². The van der Waals surface area contributed by atoms with Crippen LogP contribution in [0.5, 0.6) is 11.5 Å². The van der Waals surface area contributed by atoms with Gasteiger partial charge < -0.3 is 25.6 Å². The molecule has 4 aromatic rings. The van der Waals surface area contributed by atoms with Gasteiger partial charge in [0.05, 0.1) is 24.9 Å². The number of aromatic nitrogens is 3. The number of rotatable bonds is 7. The topological polar surface area (TPSA) is 152 Å². The summed E-state index contributed by atoms with van der Waals surface area (Å²) in [6.45, 7) is 2.89. The predicted molar refractivity (Wildman–Crippen MR) is 136 cm³/mol. The Morgan fingerprint density at radius 2 is 2.00 bits per heavy atom. The zero-order valence-electron chi connectivity index (χ0n) is 21.0. The van der Waals surface area contributed by atoms with Gasteiger partial charge in [0.25, 0.3) is 5.91 Å². The molecule has 0 bridgehead atoms. The van der Waals surface area contributed by atoms with Crippen molar-refractivity contribution in [1.29, 1.82) is 0 Å². The molecule has 2 aromatic carbocycles. The van der Waals surface area contributed by atoms with Crippen molar-refractivity contribution >= 4 is 22.7 Å². The number of benzene rings is 2. The number of ether oxygens (including phenoxy) is 2. The Morgan fingerprint density at radius 1 is 1.26 bits per heavy atom. The molecule has 10 nitrogen and oxygen atoms in total. The molecule has 11 heteroatoms. The molecule has 38 heavy (non-hydrogen) atoms. The number of fused-ring (bicyclic) bond motifs is 2. The number of H-pyrrole nitrogens is 1. The Hall–Kier alpha value is -4.51. The van der Waals surface area contributed by atoms with Gasteiger partial charge >= 0.3 is 0 Å². The Morgan fingerprint density at radius 3 is 2.68 bits per heavy atom. The van der Waals surface area contributed by atoms with Crippen molar-refractivity contribution < 1.29 is 28.6 Å². The molecule has 2 aromatic heterocycles. The van der Waals surface area contributed by atoms with E-state index in [-0.39, 0.29) is 24.5 Å². The second-order valence-electron chi connectivity index (χ2n) is 9.66. The number of aliphatic hydroxyl groups is 1. The van der Waals surface area contributed by atoms with Crippen LogP contribution >= 0.6 is 0 Å². The number of nitrogens with two attached hydrogens (primary N) is 1. The van der Waals surface area contributed by atoms with Gasteiger partial charge in [0.2, 0.25) is 5.91 Å². The predicted octanol–water partition coefficient (Wildman–Crippen LogP) is 2.55. The smallest absolute Gasteiger partial charge is 0.272 e. The molecule has 3 heterocycles. The van der Waals surface area contributed by atoms with Crippen LogP contribution < -0.4 is 20.5 Å². The minimum atomic E-state index is -1.68. The number of aromatic amines is 1. The summed E-state index contributed by atoms with van der Waals surface area (Å²) in [5.74, 6) is -0.654. The molecular weight excluding hydrogens is 493 g/mol. The highest BCUT2D eigenvalue weighted by atomic mass is 19.1. The van der Waals surface area contributed by atoms with Crippen LogP contribution in [-0.2, 0) is 15.8 Å². The average Bonchev–Trinajstić information content (AvgIpc) is 3.49. The number of methoxy groups -OCH3 is 1. The lowest BCUT2D eigenvalue weighted by molar-refractivity contribution is -0.123. The molecule has 0 saturated carbocycles. The summed E-state index contributed by atoms with van der Waals surface area (Å²) in [6, 6.07) is 12.3. The maximum Gasteiger partial charge on any atom is 0.272 e. The first-order chi connectivity index (χ1) is 18.0. The first-order valence-corrected chi connectivity index (χ1v) is 11.8. The number of carbonyl (C=O) groups excluding carboxylic acids is 2. The van der Waals surface area contributed by atoms with Gasteiger partial charge in [-0.1, -0.05) is 0 Å². The third kappa shape index (κ3) is 4.20. The van der Waals surface area contributed by atoms with E-state index in [1.165, 1.54) is 38.3 Å². The Kier molecular flexibility index (Phi) is 6.03. The number of pyridine rings is 1. The van der Waals surface area contributed by atoms with E-state index in [0.29, 0.717) is 39.2 Å². The van der Waals surface area contributed by atoms with E-state index in [9.17, 15) is 19.1 Å². The largest absolute Gasteiger partial charge is 0.497 e. The average molecular weight is 520 g/mol. The zero-order valence-corrected chi connectivity index (χ0v) is 21.0. The monoisotopic (exact) mass is 519 g/mol.